The van der Waals surface area contributed by atoms with Gasteiger partial charge in [-0.15, -0.1) is 0 Å². The molecule has 10 heteroatoms. The van der Waals surface area contributed by atoms with Crippen LogP contribution in [-0.4, -0.2) is 34.3 Å². The van der Waals surface area contributed by atoms with E-state index in [4.69, 9.17) is 10.6 Å². The third kappa shape index (κ3) is 4.26. The molecule has 0 amide bonds. The van der Waals surface area contributed by atoms with Gasteiger partial charge in [-0.05, 0) is 33.8 Å². The molecule has 0 bridgehead atoms. The fourth-order valence-electron chi connectivity index (χ4n) is 3.48. The Labute approximate surface area is 177 Å². The molecule has 4 N–H and O–H groups in total. The zero-order valence-corrected chi connectivity index (χ0v) is 17.8. The van der Waals surface area contributed by atoms with Gasteiger partial charge in [-0.1, -0.05) is 0 Å². The van der Waals surface area contributed by atoms with Crippen molar-refractivity contribution in [2.45, 2.75) is 39.8 Å². The van der Waals surface area contributed by atoms with Gasteiger partial charge < -0.3 is 20.3 Å². The number of hydrogen-bond donors (Lipinski definition) is 3. The smallest absolute Gasteiger partial charge is 0.341 e. The molecule has 1 atom stereocenters. The SMILES string of the molecule is CCn1cc(C(=O)O)c(=O)c2cc(F)c(N3C=C(NOC(C)(C)C)C(CN)C3)c(F)c21. The number of aryl methyl sites for hydroxylation is 1. The van der Waals surface area contributed by atoms with Gasteiger partial charge in [0.25, 0.3) is 0 Å². The summed E-state index contributed by atoms with van der Waals surface area (Å²) >= 11 is 0. The fourth-order valence-corrected chi connectivity index (χ4v) is 3.48. The van der Waals surface area contributed by atoms with Crippen LogP contribution >= 0.6 is 0 Å². The molecule has 1 aliphatic heterocycles. The summed E-state index contributed by atoms with van der Waals surface area (Å²) in [6, 6.07) is 0.886. The van der Waals surface area contributed by atoms with E-state index in [1.54, 1.807) is 6.92 Å². The molecular weight excluding hydrogens is 410 g/mol. The Kier molecular flexibility index (Phi) is 6.06. The molecule has 0 radical (unpaired) electrons. The number of pyridine rings is 1. The van der Waals surface area contributed by atoms with Crippen molar-refractivity contribution in [1.82, 2.24) is 10.0 Å². The van der Waals surface area contributed by atoms with Gasteiger partial charge >= 0.3 is 5.97 Å². The van der Waals surface area contributed by atoms with Gasteiger partial charge in [0.15, 0.2) is 11.6 Å². The number of anilines is 1. The standard InChI is InChI=1S/C21H26F2N4O4/c1-5-26-9-13(20(29)30)19(28)12-6-14(22)18(16(23)17(12)26)27-8-11(7-24)15(10-27)25-31-21(2,3)4/h6,9-11,25H,5,7-8,24H2,1-4H3,(H,29,30). The van der Waals surface area contributed by atoms with Crippen LogP contribution in [0, 0.1) is 17.6 Å². The molecular formula is C21H26F2N4O4. The average molecular weight is 436 g/mol. The highest BCUT2D eigenvalue weighted by atomic mass is 19.1. The minimum atomic E-state index is -1.46. The highest BCUT2D eigenvalue weighted by molar-refractivity contribution is 5.94. The number of nitrogens with zero attached hydrogens (tertiary/aromatic N) is 2. The van der Waals surface area contributed by atoms with E-state index < -0.39 is 34.2 Å². The summed E-state index contributed by atoms with van der Waals surface area (Å²) in [5.74, 6) is -3.63. The van der Waals surface area contributed by atoms with E-state index in [1.807, 2.05) is 20.8 Å². The van der Waals surface area contributed by atoms with E-state index in [0.29, 0.717) is 5.70 Å². The topological polar surface area (TPSA) is 110 Å². The molecule has 0 fully saturated rings. The third-order valence-electron chi connectivity index (χ3n) is 5.00. The molecule has 0 saturated heterocycles. The van der Waals surface area contributed by atoms with Crippen molar-refractivity contribution in [3.63, 3.8) is 0 Å². The summed E-state index contributed by atoms with van der Waals surface area (Å²) in [4.78, 5) is 30.8. The molecule has 2 heterocycles. The maximum absolute atomic E-state index is 15.6. The van der Waals surface area contributed by atoms with Crippen LogP contribution in [0.25, 0.3) is 10.9 Å². The number of carbonyl (C=O) groups is 1. The number of aromatic carboxylic acids is 1. The number of nitrogens with two attached hydrogens (primary N) is 1. The van der Waals surface area contributed by atoms with Gasteiger partial charge in [-0.2, -0.15) is 0 Å². The molecule has 168 valence electrons. The normalized spacial score (nSPS) is 16.7. The van der Waals surface area contributed by atoms with Crippen molar-refractivity contribution in [2.75, 3.05) is 18.0 Å². The van der Waals surface area contributed by atoms with Crippen LogP contribution in [0.4, 0.5) is 14.5 Å². The minimum Gasteiger partial charge on any atom is -0.477 e. The molecule has 8 nitrogen and oxygen atoms in total. The number of hydrogen-bond acceptors (Lipinski definition) is 6. The van der Waals surface area contributed by atoms with E-state index in [2.05, 4.69) is 5.48 Å². The predicted octanol–water partition coefficient (Wildman–Crippen LogP) is 2.55. The summed E-state index contributed by atoms with van der Waals surface area (Å²) < 4.78 is 31.9. The predicted molar refractivity (Wildman–Crippen MR) is 113 cm³/mol. The Hall–Kier alpha value is -2.98. The van der Waals surface area contributed by atoms with Gasteiger partial charge in [0.05, 0.1) is 22.2 Å². The van der Waals surface area contributed by atoms with Crippen molar-refractivity contribution in [3.05, 3.63) is 51.6 Å². The molecule has 1 unspecified atom stereocenters. The highest BCUT2D eigenvalue weighted by Gasteiger charge is 2.31. The molecule has 0 saturated carbocycles. The van der Waals surface area contributed by atoms with Crippen LogP contribution < -0.4 is 21.5 Å². The van der Waals surface area contributed by atoms with Crippen molar-refractivity contribution in [1.29, 1.82) is 0 Å². The minimum absolute atomic E-state index is 0.154. The van der Waals surface area contributed by atoms with Gasteiger partial charge in [0.2, 0.25) is 5.43 Å². The van der Waals surface area contributed by atoms with E-state index >= 15 is 8.78 Å². The Bertz CT molecular complexity index is 1120. The van der Waals surface area contributed by atoms with Crippen LogP contribution in [0.2, 0.25) is 0 Å². The molecule has 0 aliphatic carbocycles. The lowest BCUT2D eigenvalue weighted by Gasteiger charge is -2.22. The number of carboxylic acid groups (broad SMARTS) is 1. The first-order chi connectivity index (χ1) is 14.5. The second-order valence-electron chi connectivity index (χ2n) is 8.37. The number of halogens is 2. The Morgan fingerprint density at radius 2 is 2.06 bits per heavy atom. The van der Waals surface area contributed by atoms with E-state index in [-0.39, 0.29) is 42.1 Å². The summed E-state index contributed by atoms with van der Waals surface area (Å²) in [6.45, 7) is 7.83. The van der Waals surface area contributed by atoms with Gasteiger partial charge in [-0.3, -0.25) is 15.1 Å². The number of fused-ring (bicyclic) bond motifs is 1. The number of nitrogens with one attached hydrogen (secondary N) is 1. The van der Waals surface area contributed by atoms with Crippen molar-refractivity contribution in [2.24, 2.45) is 11.7 Å². The molecule has 31 heavy (non-hydrogen) atoms. The summed E-state index contributed by atoms with van der Waals surface area (Å²) in [5.41, 5.74) is 6.75. The van der Waals surface area contributed by atoms with Gasteiger partial charge in [0, 0.05) is 37.9 Å². The number of aromatic nitrogens is 1. The summed E-state index contributed by atoms with van der Waals surface area (Å²) in [7, 11) is 0. The third-order valence-corrected chi connectivity index (χ3v) is 5.00. The van der Waals surface area contributed by atoms with Crippen LogP contribution in [-0.2, 0) is 11.4 Å². The Balaban J connectivity index is 2.15. The number of benzene rings is 1. The lowest BCUT2D eigenvalue weighted by atomic mass is 10.1. The number of hydroxylamine groups is 1. The first kappa shape index (κ1) is 22.7. The number of carboxylic acids is 1. The largest absolute Gasteiger partial charge is 0.477 e. The molecule has 1 aliphatic rings. The quantitative estimate of drug-likeness (QED) is 0.597. The summed E-state index contributed by atoms with van der Waals surface area (Å²) in [6.07, 6.45) is 2.60. The summed E-state index contributed by atoms with van der Waals surface area (Å²) in [5, 5.41) is 8.93. The monoisotopic (exact) mass is 436 g/mol. The van der Waals surface area contributed by atoms with Crippen LogP contribution in [0.5, 0.6) is 0 Å². The van der Waals surface area contributed by atoms with Crippen molar-refractivity contribution >= 4 is 22.6 Å². The van der Waals surface area contributed by atoms with Crippen LogP contribution in [0.3, 0.4) is 0 Å². The molecule has 3 rings (SSSR count). The van der Waals surface area contributed by atoms with Crippen LogP contribution in [0.1, 0.15) is 38.1 Å². The lowest BCUT2D eigenvalue weighted by Crippen LogP contribution is -2.33. The van der Waals surface area contributed by atoms with Gasteiger partial charge in [0.1, 0.15) is 11.3 Å². The molecule has 2 aromatic rings. The molecule has 1 aromatic carbocycles. The zero-order valence-electron chi connectivity index (χ0n) is 17.8. The molecule has 1 aromatic heterocycles. The maximum Gasteiger partial charge on any atom is 0.341 e. The number of rotatable bonds is 6. The lowest BCUT2D eigenvalue weighted by molar-refractivity contribution is -0.0607. The second kappa shape index (κ2) is 8.27. The van der Waals surface area contributed by atoms with E-state index in [1.165, 1.54) is 15.7 Å². The van der Waals surface area contributed by atoms with E-state index in [9.17, 15) is 14.7 Å². The van der Waals surface area contributed by atoms with E-state index in [0.717, 1.165) is 12.3 Å². The van der Waals surface area contributed by atoms with Gasteiger partial charge in [-0.25, -0.2) is 13.6 Å². The Morgan fingerprint density at radius 1 is 1.39 bits per heavy atom. The zero-order chi connectivity index (χ0) is 23.1. The first-order valence-electron chi connectivity index (χ1n) is 9.89. The van der Waals surface area contributed by atoms with Crippen molar-refractivity contribution < 1.29 is 23.5 Å². The average Bonchev–Trinajstić information content (AvgIpc) is 3.09. The van der Waals surface area contributed by atoms with Crippen molar-refractivity contribution in [3.8, 4) is 0 Å². The van der Waals surface area contributed by atoms with Crippen LogP contribution in [0.15, 0.2) is 29.0 Å². The second-order valence-corrected chi connectivity index (χ2v) is 8.37. The fraction of sp³-hybridized carbons (Fsp3) is 0.429. The molecule has 0 spiro atoms. The Morgan fingerprint density at radius 3 is 2.61 bits per heavy atom. The highest BCUT2D eigenvalue weighted by Crippen LogP contribution is 2.34. The first-order valence-corrected chi connectivity index (χ1v) is 9.89. The maximum atomic E-state index is 15.6.